The van der Waals surface area contributed by atoms with Crippen LogP contribution in [-0.2, 0) is 9.53 Å². The average molecular weight is 383 g/mol. The molecule has 2 rings (SSSR count). The Morgan fingerprint density at radius 3 is 2.37 bits per heavy atom. The topological polar surface area (TPSA) is 44.8 Å². The number of ether oxygens (including phenoxy) is 2. The van der Waals surface area contributed by atoms with Gasteiger partial charge in [0.05, 0.1) is 7.11 Å². The molecule has 0 aromatic heterocycles. The van der Waals surface area contributed by atoms with Crippen molar-refractivity contribution in [1.82, 2.24) is 0 Å². The summed E-state index contributed by atoms with van der Waals surface area (Å²) in [6.45, 7) is 6.55. The summed E-state index contributed by atoms with van der Waals surface area (Å²) in [6, 6.07) is 15.4. The molecule has 4 nitrogen and oxygen atoms in total. The van der Waals surface area contributed by atoms with Gasteiger partial charge in [-0.1, -0.05) is 42.5 Å². The van der Waals surface area contributed by atoms with Crippen LogP contribution in [0.2, 0.25) is 19.6 Å². The van der Waals surface area contributed by atoms with Crippen LogP contribution in [0.3, 0.4) is 0 Å². The van der Waals surface area contributed by atoms with Crippen LogP contribution in [0.1, 0.15) is 11.1 Å². The van der Waals surface area contributed by atoms with Gasteiger partial charge in [0, 0.05) is 6.08 Å². The molecule has 0 saturated heterocycles. The van der Waals surface area contributed by atoms with Gasteiger partial charge in [0.25, 0.3) is 0 Å². The van der Waals surface area contributed by atoms with Gasteiger partial charge in [-0.25, -0.2) is 4.79 Å². The van der Waals surface area contributed by atoms with Crippen LogP contribution >= 0.6 is 0 Å². The van der Waals surface area contributed by atoms with Gasteiger partial charge in [0.2, 0.25) is 8.32 Å². The first-order valence-electron chi connectivity index (χ1n) is 8.81. The monoisotopic (exact) mass is 382 g/mol. The molecule has 0 aliphatic rings. The van der Waals surface area contributed by atoms with Gasteiger partial charge in [0.1, 0.15) is 12.4 Å². The van der Waals surface area contributed by atoms with Crippen molar-refractivity contribution >= 4 is 26.4 Å². The zero-order chi connectivity index (χ0) is 19.7. The van der Waals surface area contributed by atoms with Crippen molar-refractivity contribution < 1.29 is 18.7 Å². The van der Waals surface area contributed by atoms with Gasteiger partial charge in [0.15, 0.2) is 5.75 Å². The Hall–Kier alpha value is -2.79. The summed E-state index contributed by atoms with van der Waals surface area (Å²) >= 11 is 0. The average Bonchev–Trinajstić information content (AvgIpc) is 2.63. The molecule has 0 unspecified atom stereocenters. The standard InChI is InChI=1S/C22H26O4Si/c1-24-20-14-12-19(17-21(20)26-27(2,3)4)13-15-22(23)25-16-8-11-18-9-6-5-7-10-18/h5-15,17H,16H2,1-4H3/b11-8+,15-13+. The lowest BCUT2D eigenvalue weighted by molar-refractivity contribution is -0.136. The SMILES string of the molecule is COc1ccc(/C=C/C(=O)OC/C=C/c2ccccc2)cc1O[Si](C)(C)C. The quantitative estimate of drug-likeness (QED) is 0.358. The zero-order valence-electron chi connectivity index (χ0n) is 16.3. The summed E-state index contributed by atoms with van der Waals surface area (Å²) in [5.41, 5.74) is 1.91. The number of benzene rings is 2. The van der Waals surface area contributed by atoms with Crippen molar-refractivity contribution in [2.75, 3.05) is 13.7 Å². The molecule has 0 N–H and O–H groups in total. The van der Waals surface area contributed by atoms with Gasteiger partial charge in [-0.3, -0.25) is 0 Å². The molecule has 2 aromatic rings. The van der Waals surface area contributed by atoms with Gasteiger partial charge in [-0.05, 0) is 55.1 Å². The summed E-state index contributed by atoms with van der Waals surface area (Å²) < 4.78 is 16.6. The summed E-state index contributed by atoms with van der Waals surface area (Å²) in [5.74, 6) is 0.984. The van der Waals surface area contributed by atoms with Crippen molar-refractivity contribution in [2.24, 2.45) is 0 Å². The lowest BCUT2D eigenvalue weighted by Gasteiger charge is -2.21. The minimum atomic E-state index is -1.77. The second kappa shape index (κ2) is 9.78. The lowest BCUT2D eigenvalue weighted by Crippen LogP contribution is -2.29. The highest BCUT2D eigenvalue weighted by Crippen LogP contribution is 2.30. The predicted octanol–water partition coefficient (Wildman–Crippen LogP) is 5.18. The summed E-state index contributed by atoms with van der Waals surface area (Å²) in [6.07, 6.45) is 6.85. The number of carbonyl (C=O) groups excluding carboxylic acids is 1. The number of rotatable bonds is 8. The fraction of sp³-hybridized carbons (Fsp3) is 0.227. The molecule has 0 fully saturated rings. The van der Waals surface area contributed by atoms with Crippen LogP contribution < -0.4 is 9.16 Å². The van der Waals surface area contributed by atoms with E-state index in [1.165, 1.54) is 6.08 Å². The first-order valence-corrected chi connectivity index (χ1v) is 12.2. The van der Waals surface area contributed by atoms with Crippen molar-refractivity contribution in [3.05, 3.63) is 71.8 Å². The van der Waals surface area contributed by atoms with Crippen molar-refractivity contribution in [3.8, 4) is 11.5 Å². The van der Waals surface area contributed by atoms with E-state index in [2.05, 4.69) is 19.6 Å². The molecule has 142 valence electrons. The molecule has 0 heterocycles. The van der Waals surface area contributed by atoms with E-state index in [1.807, 2.05) is 60.7 Å². The third-order valence-corrected chi connectivity index (χ3v) is 4.28. The van der Waals surface area contributed by atoms with E-state index in [-0.39, 0.29) is 6.61 Å². The molecule has 0 atom stereocenters. The van der Waals surface area contributed by atoms with Crippen LogP contribution in [0.4, 0.5) is 0 Å². The largest absolute Gasteiger partial charge is 0.542 e. The molecule has 5 heteroatoms. The third-order valence-electron chi connectivity index (χ3n) is 3.45. The normalized spacial score (nSPS) is 11.7. The van der Waals surface area contributed by atoms with E-state index in [0.29, 0.717) is 11.5 Å². The zero-order valence-corrected chi connectivity index (χ0v) is 17.3. The molecule has 0 radical (unpaired) electrons. The first kappa shape index (κ1) is 20.5. The number of hydrogen-bond acceptors (Lipinski definition) is 4. The van der Waals surface area contributed by atoms with Crippen LogP contribution in [-0.4, -0.2) is 28.0 Å². The molecule has 0 aliphatic carbocycles. The Labute approximate surface area is 162 Å². The maximum absolute atomic E-state index is 11.9. The second-order valence-electron chi connectivity index (χ2n) is 6.90. The Morgan fingerprint density at radius 1 is 0.963 bits per heavy atom. The number of esters is 1. The minimum absolute atomic E-state index is 0.227. The highest BCUT2D eigenvalue weighted by molar-refractivity contribution is 6.70. The Morgan fingerprint density at radius 2 is 1.70 bits per heavy atom. The third kappa shape index (κ3) is 7.54. The van der Waals surface area contributed by atoms with Crippen molar-refractivity contribution in [3.63, 3.8) is 0 Å². The molecule has 0 aliphatic heterocycles. The van der Waals surface area contributed by atoms with Crippen molar-refractivity contribution in [2.45, 2.75) is 19.6 Å². The molecular formula is C22H26O4Si. The lowest BCUT2D eigenvalue weighted by atomic mass is 10.2. The smallest absolute Gasteiger partial charge is 0.331 e. The first-order chi connectivity index (χ1) is 12.9. The maximum atomic E-state index is 11.9. The molecule has 27 heavy (non-hydrogen) atoms. The Balaban J connectivity index is 1.93. The number of methoxy groups -OCH3 is 1. The minimum Gasteiger partial charge on any atom is -0.542 e. The van der Waals surface area contributed by atoms with Crippen LogP contribution in [0.15, 0.2) is 60.7 Å². The highest BCUT2D eigenvalue weighted by Gasteiger charge is 2.18. The fourth-order valence-corrected chi connectivity index (χ4v) is 3.12. The van der Waals surface area contributed by atoms with E-state index in [0.717, 1.165) is 11.1 Å². The van der Waals surface area contributed by atoms with Gasteiger partial charge in [-0.2, -0.15) is 0 Å². The molecular weight excluding hydrogens is 356 g/mol. The molecule has 0 saturated carbocycles. The van der Waals surface area contributed by atoms with Crippen LogP contribution in [0.25, 0.3) is 12.2 Å². The van der Waals surface area contributed by atoms with Gasteiger partial charge < -0.3 is 13.9 Å². The summed E-state index contributed by atoms with van der Waals surface area (Å²) in [4.78, 5) is 11.9. The Kier molecular flexibility index (Phi) is 7.43. The summed E-state index contributed by atoms with van der Waals surface area (Å²) in [5, 5.41) is 0. The molecule has 0 spiro atoms. The van der Waals surface area contributed by atoms with Gasteiger partial charge in [-0.15, -0.1) is 0 Å². The van der Waals surface area contributed by atoms with E-state index in [1.54, 1.807) is 13.2 Å². The second-order valence-corrected chi connectivity index (χ2v) is 11.3. The fourth-order valence-electron chi connectivity index (χ4n) is 2.30. The van der Waals surface area contributed by atoms with E-state index >= 15 is 0 Å². The maximum Gasteiger partial charge on any atom is 0.331 e. The van der Waals surface area contributed by atoms with Gasteiger partial charge >= 0.3 is 5.97 Å². The number of hydrogen-bond donors (Lipinski definition) is 0. The summed E-state index contributed by atoms with van der Waals surface area (Å²) in [7, 11) is -0.153. The predicted molar refractivity (Wildman–Crippen MR) is 112 cm³/mol. The van der Waals surface area contributed by atoms with E-state index < -0.39 is 14.3 Å². The van der Waals surface area contributed by atoms with Crippen LogP contribution in [0, 0.1) is 0 Å². The Bertz CT molecular complexity index is 805. The van der Waals surface area contributed by atoms with Crippen molar-refractivity contribution in [1.29, 1.82) is 0 Å². The molecule has 2 aromatic carbocycles. The van der Waals surface area contributed by atoms with E-state index in [4.69, 9.17) is 13.9 Å². The number of carbonyl (C=O) groups is 1. The van der Waals surface area contributed by atoms with Crippen LogP contribution in [0.5, 0.6) is 11.5 Å². The van der Waals surface area contributed by atoms with E-state index in [9.17, 15) is 4.79 Å². The molecule has 0 amide bonds. The molecule has 0 bridgehead atoms. The highest BCUT2D eigenvalue weighted by atomic mass is 28.4.